The van der Waals surface area contributed by atoms with E-state index in [-0.39, 0.29) is 12.1 Å². The maximum absolute atomic E-state index is 13.8. The Morgan fingerprint density at radius 2 is 1.56 bits per heavy atom. The molecule has 1 aliphatic rings. The molecule has 258 valence electrons. The number of aromatic nitrogens is 6. The molecule has 1 N–H and O–H groups in total. The number of hydrogen-bond acceptors (Lipinski definition) is 14. The quantitative estimate of drug-likeness (QED) is 0.188. The van der Waals surface area contributed by atoms with Gasteiger partial charge in [-0.05, 0) is 41.5 Å². The number of benzene rings is 2. The standard InChI is InChI=1S/C34H36N10O5S/c1-41-30-24(31-32(41)40-29(50-31)18-43-20-35-19-38-43)14-37-44(33(30)45)17-23-10-11-36-34(39-23)42(15-21-6-8-25(46-2)27(12-21)48-4)16-22-7-9-26(47-3)28(13-22)49-5/h6-14,20,38H,15-19H2,1-5H3. The number of nitrogens with one attached hydrogen (secondary N) is 1. The zero-order valence-corrected chi connectivity index (χ0v) is 29.1. The Hall–Kier alpha value is -5.74. The summed E-state index contributed by atoms with van der Waals surface area (Å²) < 4.78 is 26.2. The molecule has 16 heteroatoms. The van der Waals surface area contributed by atoms with Crippen LogP contribution in [-0.2, 0) is 33.2 Å². The van der Waals surface area contributed by atoms with Gasteiger partial charge in [-0.3, -0.25) is 14.8 Å². The molecule has 0 unspecified atom stereocenters. The molecule has 5 heterocycles. The second-order valence-electron chi connectivity index (χ2n) is 11.5. The Kier molecular flexibility index (Phi) is 9.19. The van der Waals surface area contributed by atoms with Crippen LogP contribution in [0, 0.1) is 0 Å². The summed E-state index contributed by atoms with van der Waals surface area (Å²) in [5.41, 5.74) is 6.78. The molecule has 4 aromatic heterocycles. The van der Waals surface area contributed by atoms with E-state index in [4.69, 9.17) is 28.9 Å². The predicted octanol–water partition coefficient (Wildman–Crippen LogP) is 3.73. The molecule has 0 bridgehead atoms. The highest BCUT2D eigenvalue weighted by molar-refractivity contribution is 7.19. The normalized spacial score (nSPS) is 12.6. The summed E-state index contributed by atoms with van der Waals surface area (Å²) in [6, 6.07) is 13.4. The van der Waals surface area contributed by atoms with Gasteiger partial charge in [0.2, 0.25) is 5.95 Å². The fraction of sp³-hybridized carbons (Fsp3) is 0.294. The lowest BCUT2D eigenvalue weighted by Gasteiger charge is -2.24. The molecular formula is C34H36N10O5S. The van der Waals surface area contributed by atoms with Gasteiger partial charge in [-0.1, -0.05) is 12.1 Å². The van der Waals surface area contributed by atoms with Gasteiger partial charge in [-0.25, -0.2) is 25.1 Å². The number of ether oxygens (including phenoxy) is 4. The number of rotatable bonds is 13. The number of hydrogen-bond donors (Lipinski definition) is 1. The number of methoxy groups -OCH3 is 4. The zero-order chi connectivity index (χ0) is 34.8. The van der Waals surface area contributed by atoms with E-state index < -0.39 is 0 Å². The molecule has 6 aromatic rings. The molecule has 7 rings (SSSR count). The summed E-state index contributed by atoms with van der Waals surface area (Å²) in [6.07, 6.45) is 5.19. The average Bonchev–Trinajstić information content (AvgIpc) is 3.87. The van der Waals surface area contributed by atoms with Gasteiger partial charge in [0.25, 0.3) is 5.56 Å². The van der Waals surface area contributed by atoms with Gasteiger partial charge in [0, 0.05) is 31.7 Å². The van der Waals surface area contributed by atoms with Gasteiger partial charge in [0.15, 0.2) is 28.6 Å². The summed E-state index contributed by atoms with van der Waals surface area (Å²) >= 11 is 1.55. The van der Waals surface area contributed by atoms with Gasteiger partial charge in [-0.2, -0.15) is 5.10 Å². The first-order valence-corrected chi connectivity index (χ1v) is 16.5. The van der Waals surface area contributed by atoms with Gasteiger partial charge < -0.3 is 28.4 Å². The zero-order valence-electron chi connectivity index (χ0n) is 28.3. The number of hydrazine groups is 1. The van der Waals surface area contributed by atoms with Crippen molar-refractivity contribution in [3.05, 3.63) is 87.0 Å². The van der Waals surface area contributed by atoms with Crippen molar-refractivity contribution in [1.29, 1.82) is 0 Å². The number of aryl methyl sites for hydroxylation is 1. The molecule has 0 spiro atoms. The molecule has 15 nitrogen and oxygen atoms in total. The Bertz CT molecular complexity index is 2210. The van der Waals surface area contributed by atoms with E-state index in [1.54, 1.807) is 64.6 Å². The first-order chi connectivity index (χ1) is 24.4. The first-order valence-electron chi connectivity index (χ1n) is 15.7. The number of thiazole rings is 1. The van der Waals surface area contributed by atoms with Crippen LogP contribution in [0.4, 0.5) is 5.95 Å². The summed E-state index contributed by atoms with van der Waals surface area (Å²) in [6.45, 7) is 2.21. The molecule has 0 aliphatic carbocycles. The second kappa shape index (κ2) is 14.0. The van der Waals surface area contributed by atoms with E-state index in [1.165, 1.54) is 4.68 Å². The lowest BCUT2D eigenvalue weighted by Crippen LogP contribution is -2.30. The van der Waals surface area contributed by atoms with E-state index in [9.17, 15) is 4.79 Å². The highest BCUT2D eigenvalue weighted by Crippen LogP contribution is 2.33. The van der Waals surface area contributed by atoms with E-state index in [1.807, 2.05) is 57.9 Å². The van der Waals surface area contributed by atoms with Gasteiger partial charge in [-0.15, -0.1) is 11.3 Å². The second-order valence-corrected chi connectivity index (χ2v) is 12.6. The Morgan fingerprint density at radius 3 is 2.18 bits per heavy atom. The average molecular weight is 697 g/mol. The molecule has 50 heavy (non-hydrogen) atoms. The third kappa shape index (κ3) is 6.37. The molecule has 0 amide bonds. The lowest BCUT2D eigenvalue weighted by molar-refractivity contribution is 0.342. The first kappa shape index (κ1) is 32.8. The molecule has 0 saturated carbocycles. The van der Waals surface area contributed by atoms with E-state index in [0.717, 1.165) is 31.9 Å². The SMILES string of the molecule is COc1ccc(CN(Cc2ccc(OC)c(OC)c2)c2nccc(Cn3ncc4c5sc(CN6C=NCN6)nc5n(C)c4c3=O)n2)cc1OC. The minimum absolute atomic E-state index is 0.155. The van der Waals surface area contributed by atoms with Crippen molar-refractivity contribution in [2.45, 2.75) is 26.2 Å². The van der Waals surface area contributed by atoms with Crippen LogP contribution in [0.3, 0.4) is 0 Å². The number of fused-ring (bicyclic) bond motifs is 3. The summed E-state index contributed by atoms with van der Waals surface area (Å²) in [5, 5.41) is 8.14. The van der Waals surface area contributed by atoms with Crippen molar-refractivity contribution in [3.63, 3.8) is 0 Å². The largest absolute Gasteiger partial charge is 0.493 e. The van der Waals surface area contributed by atoms with Crippen LogP contribution in [0.25, 0.3) is 21.3 Å². The lowest BCUT2D eigenvalue weighted by atomic mass is 10.1. The van der Waals surface area contributed by atoms with Crippen molar-refractivity contribution < 1.29 is 18.9 Å². The van der Waals surface area contributed by atoms with Gasteiger partial charge >= 0.3 is 0 Å². The monoisotopic (exact) mass is 696 g/mol. The van der Waals surface area contributed by atoms with Gasteiger partial charge in [0.05, 0.1) is 58.1 Å². The highest BCUT2D eigenvalue weighted by Gasteiger charge is 2.21. The maximum atomic E-state index is 13.8. The molecule has 0 atom stereocenters. The maximum Gasteiger partial charge on any atom is 0.291 e. The molecule has 0 radical (unpaired) electrons. The van der Waals surface area contributed by atoms with Crippen LogP contribution in [0.1, 0.15) is 21.8 Å². The molecule has 2 aromatic carbocycles. The summed E-state index contributed by atoms with van der Waals surface area (Å²) in [4.78, 5) is 34.4. The van der Waals surface area contributed by atoms with Crippen LogP contribution in [0.15, 0.2) is 64.6 Å². The van der Waals surface area contributed by atoms with Crippen molar-refractivity contribution in [1.82, 2.24) is 39.7 Å². The topological polar surface area (TPSA) is 146 Å². The van der Waals surface area contributed by atoms with Crippen LogP contribution in [-0.4, -0.2) is 75.8 Å². The van der Waals surface area contributed by atoms with Crippen LogP contribution in [0.5, 0.6) is 23.0 Å². The van der Waals surface area contributed by atoms with E-state index in [2.05, 4.69) is 20.5 Å². The number of aliphatic imine (C=N–C) groups is 1. The molecule has 0 saturated heterocycles. The van der Waals surface area contributed by atoms with E-state index >= 15 is 0 Å². The molecular weight excluding hydrogens is 661 g/mol. The Balaban J connectivity index is 1.19. The molecule has 0 fully saturated rings. The number of nitrogens with zero attached hydrogens (tertiary/aromatic N) is 9. The third-order valence-corrected chi connectivity index (χ3v) is 9.46. The van der Waals surface area contributed by atoms with Crippen LogP contribution < -0.4 is 34.8 Å². The van der Waals surface area contributed by atoms with Crippen molar-refractivity contribution in [2.24, 2.45) is 12.0 Å². The Morgan fingerprint density at radius 1 is 0.880 bits per heavy atom. The van der Waals surface area contributed by atoms with Crippen molar-refractivity contribution >= 4 is 44.9 Å². The fourth-order valence-corrected chi connectivity index (χ4v) is 7.05. The van der Waals surface area contributed by atoms with Crippen LogP contribution >= 0.6 is 11.3 Å². The molecule has 1 aliphatic heterocycles. The van der Waals surface area contributed by atoms with Crippen LogP contribution in [0.2, 0.25) is 0 Å². The van der Waals surface area contributed by atoms with Crippen molar-refractivity contribution in [2.75, 3.05) is 40.0 Å². The summed E-state index contributed by atoms with van der Waals surface area (Å²) in [7, 11) is 8.29. The third-order valence-electron chi connectivity index (χ3n) is 8.40. The fourth-order valence-electron chi connectivity index (χ4n) is 5.94. The number of anilines is 1. The van der Waals surface area contributed by atoms with Gasteiger partial charge in [0.1, 0.15) is 23.5 Å². The minimum atomic E-state index is -0.224. The minimum Gasteiger partial charge on any atom is -0.493 e. The van der Waals surface area contributed by atoms with Crippen molar-refractivity contribution in [3.8, 4) is 23.0 Å². The summed E-state index contributed by atoms with van der Waals surface area (Å²) in [5.74, 6) is 3.00. The Labute approximate surface area is 291 Å². The van der Waals surface area contributed by atoms with E-state index in [0.29, 0.717) is 66.5 Å². The highest BCUT2D eigenvalue weighted by atomic mass is 32.1. The predicted molar refractivity (Wildman–Crippen MR) is 190 cm³/mol. The smallest absolute Gasteiger partial charge is 0.291 e.